The minimum atomic E-state index is -0.310. The van der Waals surface area contributed by atoms with Gasteiger partial charge in [0.1, 0.15) is 0 Å². The molecule has 6 nitrogen and oxygen atoms in total. The molecule has 0 atom stereocenters. The highest BCUT2D eigenvalue weighted by molar-refractivity contribution is 6.01. The van der Waals surface area contributed by atoms with Crippen molar-refractivity contribution in [3.63, 3.8) is 0 Å². The van der Waals surface area contributed by atoms with Gasteiger partial charge in [-0.2, -0.15) is 5.10 Å². The lowest BCUT2D eigenvalue weighted by Crippen LogP contribution is -2.27. The Labute approximate surface area is 182 Å². The molecule has 0 aliphatic rings. The molecule has 0 fully saturated rings. The largest absolute Gasteiger partial charge is 0.378 e. The van der Waals surface area contributed by atoms with E-state index in [1.807, 2.05) is 104 Å². The Balaban J connectivity index is 1.57. The standard InChI is InChI=1S/C25H26N4O2/c1-28(2)21-15-13-20(14-16-21)19-26-27-24(30)17-18-25(31)29(22-9-5-3-6-10-22)23-11-7-4-8-12-23/h3-16,19H,17-18H2,1-2H3,(H,27,30)/b26-19-. The highest BCUT2D eigenvalue weighted by Gasteiger charge is 2.18. The van der Waals surface area contributed by atoms with Gasteiger partial charge in [-0.15, -0.1) is 0 Å². The van der Waals surface area contributed by atoms with Crippen LogP contribution in [0.5, 0.6) is 0 Å². The van der Waals surface area contributed by atoms with Crippen molar-refractivity contribution in [1.29, 1.82) is 0 Å². The Bertz CT molecular complexity index is 977. The highest BCUT2D eigenvalue weighted by atomic mass is 16.2. The molecule has 0 radical (unpaired) electrons. The van der Waals surface area contributed by atoms with Crippen molar-refractivity contribution in [1.82, 2.24) is 5.43 Å². The molecule has 2 amide bonds. The SMILES string of the molecule is CN(C)c1ccc(/C=N\NC(=O)CCC(=O)N(c2ccccc2)c2ccccc2)cc1. The molecule has 158 valence electrons. The Kier molecular flexibility index (Phi) is 7.54. The van der Waals surface area contributed by atoms with Crippen molar-refractivity contribution in [3.05, 3.63) is 90.5 Å². The molecule has 1 N–H and O–H groups in total. The van der Waals surface area contributed by atoms with Gasteiger partial charge in [0.15, 0.2) is 0 Å². The van der Waals surface area contributed by atoms with E-state index in [1.54, 1.807) is 11.1 Å². The van der Waals surface area contributed by atoms with Gasteiger partial charge in [-0.25, -0.2) is 5.43 Å². The van der Waals surface area contributed by atoms with Crippen molar-refractivity contribution in [2.24, 2.45) is 5.10 Å². The Hall–Kier alpha value is -3.93. The van der Waals surface area contributed by atoms with E-state index in [4.69, 9.17) is 0 Å². The van der Waals surface area contributed by atoms with Gasteiger partial charge in [-0.1, -0.05) is 48.5 Å². The van der Waals surface area contributed by atoms with Crippen LogP contribution in [-0.4, -0.2) is 32.1 Å². The van der Waals surface area contributed by atoms with Crippen LogP contribution in [0.1, 0.15) is 18.4 Å². The summed E-state index contributed by atoms with van der Waals surface area (Å²) in [6.45, 7) is 0. The molecule has 0 aliphatic carbocycles. The first-order valence-corrected chi connectivity index (χ1v) is 10.1. The molecule has 0 heterocycles. The van der Waals surface area contributed by atoms with Crippen molar-refractivity contribution < 1.29 is 9.59 Å². The number of para-hydroxylation sites is 2. The number of nitrogens with zero attached hydrogens (tertiary/aromatic N) is 3. The monoisotopic (exact) mass is 414 g/mol. The molecule has 3 rings (SSSR count). The number of nitrogens with one attached hydrogen (secondary N) is 1. The first-order chi connectivity index (χ1) is 15.0. The van der Waals surface area contributed by atoms with E-state index >= 15 is 0 Å². The number of hydrogen-bond donors (Lipinski definition) is 1. The van der Waals surface area contributed by atoms with Crippen molar-refractivity contribution in [2.45, 2.75) is 12.8 Å². The van der Waals surface area contributed by atoms with Crippen LogP contribution in [0.15, 0.2) is 90.0 Å². The molecule has 0 bridgehead atoms. The summed E-state index contributed by atoms with van der Waals surface area (Å²) in [6, 6.07) is 26.6. The molecule has 0 aliphatic heterocycles. The molecule has 3 aromatic rings. The second-order valence-corrected chi connectivity index (χ2v) is 7.18. The number of hydrogen-bond acceptors (Lipinski definition) is 4. The normalized spacial score (nSPS) is 10.6. The summed E-state index contributed by atoms with van der Waals surface area (Å²) in [5, 5.41) is 3.99. The first kappa shape index (κ1) is 21.8. The second kappa shape index (κ2) is 10.7. The lowest BCUT2D eigenvalue weighted by Gasteiger charge is -2.23. The van der Waals surface area contributed by atoms with Gasteiger partial charge < -0.3 is 4.90 Å². The van der Waals surface area contributed by atoms with Gasteiger partial charge in [0, 0.05) is 44.0 Å². The van der Waals surface area contributed by atoms with Gasteiger partial charge >= 0.3 is 0 Å². The van der Waals surface area contributed by atoms with E-state index in [0.717, 1.165) is 22.6 Å². The Morgan fingerprint density at radius 2 is 1.32 bits per heavy atom. The predicted octanol–water partition coefficient (Wildman–Crippen LogP) is 4.35. The third-order valence-corrected chi connectivity index (χ3v) is 4.66. The molecule has 0 saturated heterocycles. The summed E-state index contributed by atoms with van der Waals surface area (Å²) in [5.41, 5.74) is 5.98. The molecule has 0 spiro atoms. The molecule has 3 aromatic carbocycles. The van der Waals surface area contributed by atoms with Gasteiger partial charge in [-0.3, -0.25) is 14.5 Å². The summed E-state index contributed by atoms with van der Waals surface area (Å²) in [7, 11) is 3.95. The van der Waals surface area contributed by atoms with Crippen LogP contribution in [0.25, 0.3) is 0 Å². The number of hydrazone groups is 1. The third kappa shape index (κ3) is 6.27. The maximum absolute atomic E-state index is 12.9. The van der Waals surface area contributed by atoms with Crippen LogP contribution in [0, 0.1) is 0 Å². The zero-order chi connectivity index (χ0) is 22.1. The maximum Gasteiger partial charge on any atom is 0.240 e. The van der Waals surface area contributed by atoms with Crippen LogP contribution in [-0.2, 0) is 9.59 Å². The van der Waals surface area contributed by atoms with Crippen LogP contribution < -0.4 is 15.2 Å². The van der Waals surface area contributed by atoms with E-state index in [0.29, 0.717) is 0 Å². The zero-order valence-electron chi connectivity index (χ0n) is 17.7. The van der Waals surface area contributed by atoms with E-state index in [1.165, 1.54) is 0 Å². The summed E-state index contributed by atoms with van der Waals surface area (Å²) >= 11 is 0. The van der Waals surface area contributed by atoms with Crippen LogP contribution in [0.3, 0.4) is 0 Å². The number of amides is 2. The molecule has 0 aromatic heterocycles. The van der Waals surface area contributed by atoms with E-state index in [9.17, 15) is 9.59 Å². The smallest absolute Gasteiger partial charge is 0.240 e. The Morgan fingerprint density at radius 1 is 0.774 bits per heavy atom. The summed E-state index contributed by atoms with van der Waals surface area (Å²) < 4.78 is 0. The summed E-state index contributed by atoms with van der Waals surface area (Å²) in [6.07, 6.45) is 1.70. The lowest BCUT2D eigenvalue weighted by molar-refractivity contribution is -0.124. The summed E-state index contributed by atoms with van der Waals surface area (Å²) in [4.78, 5) is 28.7. The molecular formula is C25H26N4O2. The molecular weight excluding hydrogens is 388 g/mol. The fourth-order valence-corrected chi connectivity index (χ4v) is 3.02. The van der Waals surface area contributed by atoms with Gasteiger partial charge in [-0.05, 0) is 42.0 Å². The van der Waals surface area contributed by atoms with Gasteiger partial charge in [0.2, 0.25) is 11.8 Å². The van der Waals surface area contributed by atoms with E-state index in [-0.39, 0.29) is 24.7 Å². The number of benzene rings is 3. The molecule has 0 unspecified atom stereocenters. The van der Waals surface area contributed by atoms with Gasteiger partial charge in [0.05, 0.1) is 6.21 Å². The highest BCUT2D eigenvalue weighted by Crippen LogP contribution is 2.26. The minimum Gasteiger partial charge on any atom is -0.378 e. The Morgan fingerprint density at radius 3 is 1.84 bits per heavy atom. The third-order valence-electron chi connectivity index (χ3n) is 4.66. The fourth-order valence-electron chi connectivity index (χ4n) is 3.02. The lowest BCUT2D eigenvalue weighted by atomic mass is 10.2. The van der Waals surface area contributed by atoms with Crippen LogP contribution in [0.2, 0.25) is 0 Å². The minimum absolute atomic E-state index is 0.0475. The number of carbonyl (C=O) groups is 2. The molecule has 31 heavy (non-hydrogen) atoms. The number of anilines is 3. The second-order valence-electron chi connectivity index (χ2n) is 7.18. The van der Waals surface area contributed by atoms with Crippen LogP contribution >= 0.6 is 0 Å². The zero-order valence-corrected chi connectivity index (χ0v) is 17.7. The van der Waals surface area contributed by atoms with Crippen molar-refractivity contribution in [2.75, 3.05) is 23.9 Å². The van der Waals surface area contributed by atoms with Gasteiger partial charge in [0.25, 0.3) is 0 Å². The predicted molar refractivity (Wildman–Crippen MR) is 126 cm³/mol. The van der Waals surface area contributed by atoms with Crippen molar-refractivity contribution >= 4 is 35.1 Å². The number of carbonyl (C=O) groups excluding carboxylic acids is 2. The average Bonchev–Trinajstić information content (AvgIpc) is 2.80. The topological polar surface area (TPSA) is 65.0 Å². The van der Waals surface area contributed by atoms with Crippen molar-refractivity contribution in [3.8, 4) is 0 Å². The average molecular weight is 415 g/mol. The number of rotatable bonds is 8. The maximum atomic E-state index is 12.9. The molecule has 6 heteroatoms. The first-order valence-electron chi connectivity index (χ1n) is 10.1. The van der Waals surface area contributed by atoms with E-state index in [2.05, 4.69) is 10.5 Å². The van der Waals surface area contributed by atoms with Crippen LogP contribution in [0.4, 0.5) is 17.1 Å². The molecule has 0 saturated carbocycles. The summed E-state index contributed by atoms with van der Waals surface area (Å²) in [5.74, 6) is -0.466. The fraction of sp³-hybridized carbons (Fsp3) is 0.160. The van der Waals surface area contributed by atoms with E-state index < -0.39 is 0 Å². The quantitative estimate of drug-likeness (QED) is 0.440.